The van der Waals surface area contributed by atoms with Gasteiger partial charge in [0.25, 0.3) is 0 Å². The minimum atomic E-state index is -3.43. The predicted octanol–water partition coefficient (Wildman–Crippen LogP) is 2.83. The first-order chi connectivity index (χ1) is 9.35. The van der Waals surface area contributed by atoms with Gasteiger partial charge in [-0.3, -0.25) is 4.72 Å². The highest BCUT2D eigenvalue weighted by Crippen LogP contribution is 2.19. The molecule has 0 radical (unpaired) electrons. The fourth-order valence-corrected chi connectivity index (χ4v) is 3.14. The van der Waals surface area contributed by atoms with Crippen LogP contribution >= 0.6 is 0 Å². The van der Waals surface area contributed by atoms with E-state index in [-0.39, 0.29) is 5.75 Å². The van der Waals surface area contributed by atoms with E-state index in [1.165, 1.54) is 0 Å². The molecule has 0 aliphatic rings. The average Bonchev–Trinajstić information content (AvgIpc) is 2.36. The summed E-state index contributed by atoms with van der Waals surface area (Å²) in [4.78, 5) is 0. The molecular weight excluding hydrogens is 272 g/mol. The first kappa shape index (κ1) is 14.4. The molecule has 2 rings (SSSR count). The van der Waals surface area contributed by atoms with Crippen LogP contribution in [0.3, 0.4) is 0 Å². The minimum Gasteiger partial charge on any atom is -0.399 e. The molecule has 0 fully saturated rings. The number of nitrogens with one attached hydrogen (secondary N) is 1. The van der Waals surface area contributed by atoms with Crippen molar-refractivity contribution >= 4 is 21.4 Å². The molecule has 0 bridgehead atoms. The maximum absolute atomic E-state index is 12.2. The van der Waals surface area contributed by atoms with Gasteiger partial charge in [-0.25, -0.2) is 8.42 Å². The van der Waals surface area contributed by atoms with Crippen LogP contribution in [0.1, 0.15) is 16.7 Å². The van der Waals surface area contributed by atoms with Crippen molar-refractivity contribution in [3.8, 4) is 0 Å². The van der Waals surface area contributed by atoms with Crippen LogP contribution in [-0.4, -0.2) is 8.42 Å². The highest BCUT2D eigenvalue weighted by atomic mass is 32.2. The van der Waals surface area contributed by atoms with Gasteiger partial charge in [0.05, 0.1) is 11.4 Å². The van der Waals surface area contributed by atoms with E-state index in [9.17, 15) is 8.42 Å². The van der Waals surface area contributed by atoms with Gasteiger partial charge in [0.15, 0.2) is 0 Å². The molecule has 0 saturated carbocycles. The number of nitrogen functional groups attached to an aromatic ring is 1. The lowest BCUT2D eigenvalue weighted by Crippen LogP contribution is -2.15. The summed E-state index contributed by atoms with van der Waals surface area (Å²) in [6.45, 7) is 3.80. The van der Waals surface area contributed by atoms with Crippen LogP contribution in [0, 0.1) is 13.8 Å². The second-order valence-electron chi connectivity index (χ2n) is 4.92. The van der Waals surface area contributed by atoms with E-state index < -0.39 is 10.0 Å². The lowest BCUT2D eigenvalue weighted by atomic mass is 10.1. The maximum Gasteiger partial charge on any atom is 0.236 e. The molecule has 0 aliphatic carbocycles. The van der Waals surface area contributed by atoms with Crippen LogP contribution in [0.4, 0.5) is 11.4 Å². The van der Waals surface area contributed by atoms with E-state index >= 15 is 0 Å². The number of hydrogen-bond donors (Lipinski definition) is 2. The van der Waals surface area contributed by atoms with E-state index in [4.69, 9.17) is 5.73 Å². The van der Waals surface area contributed by atoms with Gasteiger partial charge in [0.2, 0.25) is 10.0 Å². The van der Waals surface area contributed by atoms with Gasteiger partial charge in [-0.15, -0.1) is 0 Å². The Kier molecular flexibility index (Phi) is 3.99. The zero-order valence-electron chi connectivity index (χ0n) is 11.6. The molecule has 106 valence electrons. The Balaban J connectivity index is 2.19. The normalized spacial score (nSPS) is 11.3. The molecule has 0 atom stereocenters. The fourth-order valence-electron chi connectivity index (χ4n) is 1.88. The zero-order valence-corrected chi connectivity index (χ0v) is 12.4. The molecule has 0 unspecified atom stereocenters. The third-order valence-electron chi connectivity index (χ3n) is 2.99. The first-order valence-electron chi connectivity index (χ1n) is 6.28. The Bertz CT molecular complexity index is 707. The molecule has 4 nitrogen and oxygen atoms in total. The summed E-state index contributed by atoms with van der Waals surface area (Å²) >= 11 is 0. The van der Waals surface area contributed by atoms with Crippen molar-refractivity contribution in [2.75, 3.05) is 10.5 Å². The minimum absolute atomic E-state index is 0.0688. The number of nitrogens with two attached hydrogens (primary N) is 1. The van der Waals surface area contributed by atoms with Crippen molar-refractivity contribution in [1.82, 2.24) is 0 Å². The largest absolute Gasteiger partial charge is 0.399 e. The Hall–Kier alpha value is -2.01. The molecule has 0 aromatic heterocycles. The Morgan fingerprint density at radius 3 is 2.35 bits per heavy atom. The lowest BCUT2D eigenvalue weighted by Gasteiger charge is -2.11. The quantitative estimate of drug-likeness (QED) is 0.850. The zero-order chi connectivity index (χ0) is 14.8. The van der Waals surface area contributed by atoms with Crippen LogP contribution in [0.2, 0.25) is 0 Å². The molecular formula is C15H18N2O2S. The highest BCUT2D eigenvalue weighted by Gasteiger charge is 2.13. The molecule has 0 amide bonds. The van der Waals surface area contributed by atoms with E-state index in [0.29, 0.717) is 16.9 Å². The van der Waals surface area contributed by atoms with E-state index in [0.717, 1.165) is 11.1 Å². The van der Waals surface area contributed by atoms with Gasteiger partial charge >= 0.3 is 0 Å². The Morgan fingerprint density at radius 2 is 1.70 bits per heavy atom. The van der Waals surface area contributed by atoms with E-state index in [1.54, 1.807) is 24.3 Å². The molecule has 3 N–H and O–H groups in total. The van der Waals surface area contributed by atoms with Crippen molar-refractivity contribution < 1.29 is 8.42 Å². The smallest absolute Gasteiger partial charge is 0.236 e. The summed E-state index contributed by atoms with van der Waals surface area (Å²) < 4.78 is 27.0. The molecule has 5 heteroatoms. The predicted molar refractivity (Wildman–Crippen MR) is 83.0 cm³/mol. The number of benzene rings is 2. The summed E-state index contributed by atoms with van der Waals surface area (Å²) in [5, 5.41) is 0. The van der Waals surface area contributed by atoms with Gasteiger partial charge in [-0.05, 0) is 48.7 Å². The molecule has 20 heavy (non-hydrogen) atoms. The van der Waals surface area contributed by atoms with Crippen molar-refractivity contribution in [2.24, 2.45) is 0 Å². The van der Waals surface area contributed by atoms with Gasteiger partial charge in [0.1, 0.15) is 0 Å². The van der Waals surface area contributed by atoms with Crippen molar-refractivity contribution in [2.45, 2.75) is 19.6 Å². The maximum atomic E-state index is 12.2. The monoisotopic (exact) mass is 290 g/mol. The molecule has 0 spiro atoms. The van der Waals surface area contributed by atoms with E-state index in [1.807, 2.05) is 32.0 Å². The summed E-state index contributed by atoms with van der Waals surface area (Å²) in [6, 6.07) is 12.5. The Labute approximate surface area is 119 Å². The summed E-state index contributed by atoms with van der Waals surface area (Å²) in [7, 11) is -3.43. The number of sulfonamides is 1. The SMILES string of the molecule is Cc1ccc(C)c(NS(=O)(=O)Cc2ccc(N)cc2)c1. The topological polar surface area (TPSA) is 72.2 Å². The summed E-state index contributed by atoms with van der Waals surface area (Å²) in [6.07, 6.45) is 0. The highest BCUT2D eigenvalue weighted by molar-refractivity contribution is 7.91. The van der Waals surface area contributed by atoms with E-state index in [2.05, 4.69) is 4.72 Å². The van der Waals surface area contributed by atoms with Crippen molar-refractivity contribution in [1.29, 1.82) is 0 Å². The van der Waals surface area contributed by atoms with Crippen LogP contribution in [-0.2, 0) is 15.8 Å². The fraction of sp³-hybridized carbons (Fsp3) is 0.200. The third kappa shape index (κ3) is 3.74. The Morgan fingerprint density at radius 1 is 1.05 bits per heavy atom. The van der Waals surface area contributed by atoms with Gasteiger partial charge < -0.3 is 5.73 Å². The van der Waals surface area contributed by atoms with Gasteiger partial charge in [-0.1, -0.05) is 24.3 Å². The molecule has 2 aromatic rings. The summed E-state index contributed by atoms with van der Waals surface area (Å²) in [5.74, 6) is -0.0688. The molecule has 0 saturated heterocycles. The van der Waals surface area contributed by atoms with Crippen LogP contribution < -0.4 is 10.5 Å². The van der Waals surface area contributed by atoms with Crippen LogP contribution in [0.5, 0.6) is 0 Å². The van der Waals surface area contributed by atoms with Gasteiger partial charge in [-0.2, -0.15) is 0 Å². The number of hydrogen-bond acceptors (Lipinski definition) is 3. The third-order valence-corrected chi connectivity index (χ3v) is 4.24. The number of rotatable bonds is 4. The lowest BCUT2D eigenvalue weighted by molar-refractivity contribution is 0.600. The van der Waals surface area contributed by atoms with Gasteiger partial charge in [0, 0.05) is 5.69 Å². The van der Waals surface area contributed by atoms with Crippen molar-refractivity contribution in [3.63, 3.8) is 0 Å². The second kappa shape index (κ2) is 5.54. The standard InChI is InChI=1S/C15H18N2O2S/c1-11-3-4-12(2)15(9-11)17-20(18,19)10-13-5-7-14(16)8-6-13/h3-9,17H,10,16H2,1-2H3. The molecule has 2 aromatic carbocycles. The van der Waals surface area contributed by atoms with Crippen LogP contribution in [0.15, 0.2) is 42.5 Å². The van der Waals surface area contributed by atoms with Crippen molar-refractivity contribution in [3.05, 3.63) is 59.2 Å². The average molecular weight is 290 g/mol. The first-order valence-corrected chi connectivity index (χ1v) is 7.93. The molecule has 0 heterocycles. The molecule has 0 aliphatic heterocycles. The number of aryl methyl sites for hydroxylation is 2. The van der Waals surface area contributed by atoms with Crippen LogP contribution in [0.25, 0.3) is 0 Å². The number of anilines is 2. The summed E-state index contributed by atoms with van der Waals surface area (Å²) in [5.41, 5.74) is 9.45. The second-order valence-corrected chi connectivity index (χ2v) is 6.64.